The molecule has 0 aromatic carbocycles. The van der Waals surface area contributed by atoms with Crippen molar-refractivity contribution >= 4 is 6.09 Å². The van der Waals surface area contributed by atoms with Crippen LogP contribution in [0.25, 0.3) is 0 Å². The number of amides is 1. The number of hydrogen-bond donors (Lipinski definition) is 2. The molecule has 0 aliphatic carbocycles. The van der Waals surface area contributed by atoms with Crippen LogP contribution in [0.1, 0.15) is 27.2 Å². The fraction of sp³-hybridized carbons (Fsp3) is 0.900. The Kier molecular flexibility index (Phi) is 6.27. The zero-order valence-electron chi connectivity index (χ0n) is 9.69. The van der Waals surface area contributed by atoms with Gasteiger partial charge in [-0.3, -0.25) is 0 Å². The molecule has 0 saturated carbocycles. The van der Waals surface area contributed by atoms with Crippen molar-refractivity contribution in [3.8, 4) is 0 Å². The third-order valence-electron chi connectivity index (χ3n) is 1.61. The highest BCUT2D eigenvalue weighted by Gasteiger charge is 2.21. The summed E-state index contributed by atoms with van der Waals surface area (Å²) in [7, 11) is 0. The molecule has 5 nitrogen and oxygen atoms in total. The third-order valence-corrected chi connectivity index (χ3v) is 1.61. The van der Waals surface area contributed by atoms with E-state index < -0.39 is 11.7 Å². The maximum absolute atomic E-state index is 11.6. The molecule has 5 heteroatoms. The summed E-state index contributed by atoms with van der Waals surface area (Å²) in [5.74, 6) is 0. The number of aliphatic hydroxyl groups excluding tert-OH is 2. The van der Waals surface area contributed by atoms with Crippen LogP contribution >= 0.6 is 0 Å². The first-order valence-corrected chi connectivity index (χ1v) is 5.10. The predicted octanol–water partition coefficient (Wildman–Crippen LogP) is 0.598. The molecule has 0 rings (SSSR count). The van der Waals surface area contributed by atoms with E-state index in [1.807, 2.05) is 0 Å². The lowest BCUT2D eigenvalue weighted by molar-refractivity contribution is 0.0209. The molecule has 0 spiro atoms. The largest absolute Gasteiger partial charge is 0.444 e. The van der Waals surface area contributed by atoms with E-state index in [0.29, 0.717) is 13.0 Å². The number of nitrogens with zero attached hydrogens (tertiary/aromatic N) is 1. The molecular formula is C10H21NO4. The Morgan fingerprint density at radius 3 is 2.20 bits per heavy atom. The maximum Gasteiger partial charge on any atom is 0.410 e. The van der Waals surface area contributed by atoms with Gasteiger partial charge in [-0.05, 0) is 27.2 Å². The van der Waals surface area contributed by atoms with Crippen LogP contribution in [0.5, 0.6) is 0 Å². The lowest BCUT2D eigenvalue weighted by Crippen LogP contribution is -2.39. The van der Waals surface area contributed by atoms with Gasteiger partial charge in [0.1, 0.15) is 5.60 Å². The van der Waals surface area contributed by atoms with Gasteiger partial charge >= 0.3 is 6.09 Å². The van der Waals surface area contributed by atoms with Crippen molar-refractivity contribution in [1.82, 2.24) is 4.90 Å². The summed E-state index contributed by atoms with van der Waals surface area (Å²) >= 11 is 0. The second-order valence-corrected chi connectivity index (χ2v) is 4.27. The number of carbonyl (C=O) groups is 1. The molecule has 0 unspecified atom stereocenters. The average Bonchev–Trinajstić information content (AvgIpc) is 2.09. The number of carbonyl (C=O) groups excluding carboxylic acids is 1. The predicted molar refractivity (Wildman–Crippen MR) is 56.6 cm³/mol. The summed E-state index contributed by atoms with van der Waals surface area (Å²) in [5, 5.41) is 17.4. The van der Waals surface area contributed by atoms with Crippen molar-refractivity contribution in [2.75, 3.05) is 26.3 Å². The SMILES string of the molecule is CC(C)(C)OC(=O)N(CCO)CCCO. The molecule has 0 atom stereocenters. The first-order valence-electron chi connectivity index (χ1n) is 5.10. The fourth-order valence-electron chi connectivity index (χ4n) is 1.00. The van der Waals surface area contributed by atoms with Crippen LogP contribution in [0.15, 0.2) is 0 Å². The van der Waals surface area contributed by atoms with E-state index in [1.54, 1.807) is 20.8 Å². The molecule has 0 bridgehead atoms. The Morgan fingerprint density at radius 1 is 1.20 bits per heavy atom. The Morgan fingerprint density at radius 2 is 1.80 bits per heavy atom. The molecule has 0 saturated heterocycles. The Bertz CT molecular complexity index is 188. The highest BCUT2D eigenvalue weighted by atomic mass is 16.6. The van der Waals surface area contributed by atoms with Crippen LogP contribution < -0.4 is 0 Å². The van der Waals surface area contributed by atoms with Gasteiger partial charge in [-0.1, -0.05) is 0 Å². The van der Waals surface area contributed by atoms with E-state index in [0.717, 1.165) is 0 Å². The van der Waals surface area contributed by atoms with E-state index in [-0.39, 0.29) is 19.8 Å². The topological polar surface area (TPSA) is 70.0 Å². The minimum Gasteiger partial charge on any atom is -0.444 e. The molecule has 1 amide bonds. The monoisotopic (exact) mass is 219 g/mol. The highest BCUT2D eigenvalue weighted by Crippen LogP contribution is 2.09. The normalized spacial score (nSPS) is 11.3. The summed E-state index contributed by atoms with van der Waals surface area (Å²) in [6.07, 6.45) is 0.0317. The van der Waals surface area contributed by atoms with Crippen LogP contribution in [0.4, 0.5) is 4.79 Å². The van der Waals surface area contributed by atoms with Gasteiger partial charge in [0.25, 0.3) is 0 Å². The van der Waals surface area contributed by atoms with Gasteiger partial charge in [0.15, 0.2) is 0 Å². The highest BCUT2D eigenvalue weighted by molar-refractivity contribution is 5.68. The smallest absolute Gasteiger partial charge is 0.410 e. The Hall–Kier alpha value is -0.810. The van der Waals surface area contributed by atoms with Crippen LogP contribution in [0.3, 0.4) is 0 Å². The maximum atomic E-state index is 11.6. The second kappa shape index (κ2) is 6.63. The number of ether oxygens (including phenoxy) is 1. The van der Waals surface area contributed by atoms with E-state index in [2.05, 4.69) is 0 Å². The molecule has 0 heterocycles. The van der Waals surface area contributed by atoms with E-state index in [4.69, 9.17) is 14.9 Å². The average molecular weight is 219 g/mol. The van der Waals surface area contributed by atoms with Gasteiger partial charge in [0, 0.05) is 19.7 Å². The number of hydrogen-bond acceptors (Lipinski definition) is 4. The third kappa shape index (κ3) is 7.16. The number of aliphatic hydroxyl groups is 2. The molecule has 90 valence electrons. The summed E-state index contributed by atoms with van der Waals surface area (Å²) < 4.78 is 5.14. The van der Waals surface area contributed by atoms with Crippen molar-refractivity contribution in [2.24, 2.45) is 0 Å². The zero-order chi connectivity index (χ0) is 11.9. The molecule has 0 aromatic heterocycles. The van der Waals surface area contributed by atoms with Gasteiger partial charge in [-0.15, -0.1) is 0 Å². The molecule has 0 fully saturated rings. The van der Waals surface area contributed by atoms with Crippen LogP contribution in [-0.4, -0.2) is 53.1 Å². The molecule has 0 aliphatic rings. The first-order chi connectivity index (χ1) is 6.90. The van der Waals surface area contributed by atoms with Crippen molar-refractivity contribution in [2.45, 2.75) is 32.8 Å². The van der Waals surface area contributed by atoms with Crippen LogP contribution in [0.2, 0.25) is 0 Å². The molecule has 2 N–H and O–H groups in total. The van der Waals surface area contributed by atoms with Crippen molar-refractivity contribution in [1.29, 1.82) is 0 Å². The van der Waals surface area contributed by atoms with Crippen LogP contribution in [-0.2, 0) is 4.74 Å². The standard InChI is InChI=1S/C10H21NO4/c1-10(2,3)15-9(14)11(6-8-13)5-4-7-12/h12-13H,4-8H2,1-3H3. The van der Waals surface area contributed by atoms with Crippen molar-refractivity contribution in [3.05, 3.63) is 0 Å². The number of rotatable bonds is 5. The lowest BCUT2D eigenvalue weighted by atomic mass is 10.2. The van der Waals surface area contributed by atoms with Gasteiger partial charge in [-0.2, -0.15) is 0 Å². The van der Waals surface area contributed by atoms with E-state index in [9.17, 15) is 4.79 Å². The Balaban J connectivity index is 4.15. The molecular weight excluding hydrogens is 198 g/mol. The van der Waals surface area contributed by atoms with Crippen molar-refractivity contribution < 1.29 is 19.7 Å². The zero-order valence-corrected chi connectivity index (χ0v) is 9.69. The fourth-order valence-corrected chi connectivity index (χ4v) is 1.00. The van der Waals surface area contributed by atoms with Gasteiger partial charge in [-0.25, -0.2) is 4.79 Å². The van der Waals surface area contributed by atoms with Gasteiger partial charge in [0.05, 0.1) is 6.61 Å². The molecule has 0 aromatic rings. The van der Waals surface area contributed by atoms with E-state index in [1.165, 1.54) is 4.90 Å². The first kappa shape index (κ1) is 14.2. The summed E-state index contributed by atoms with van der Waals surface area (Å²) in [5.41, 5.74) is -0.538. The summed E-state index contributed by atoms with van der Waals surface area (Å²) in [4.78, 5) is 13.0. The minimum atomic E-state index is -0.538. The minimum absolute atomic E-state index is 0.0186. The van der Waals surface area contributed by atoms with E-state index >= 15 is 0 Å². The van der Waals surface area contributed by atoms with Gasteiger partial charge < -0.3 is 19.8 Å². The molecule has 15 heavy (non-hydrogen) atoms. The van der Waals surface area contributed by atoms with Crippen LogP contribution in [0, 0.1) is 0 Å². The van der Waals surface area contributed by atoms with Crippen molar-refractivity contribution in [3.63, 3.8) is 0 Å². The molecule has 0 aliphatic heterocycles. The quantitative estimate of drug-likeness (QED) is 0.710. The lowest BCUT2D eigenvalue weighted by Gasteiger charge is -2.26. The summed E-state index contributed by atoms with van der Waals surface area (Å²) in [6.45, 7) is 5.90. The summed E-state index contributed by atoms with van der Waals surface area (Å²) in [6, 6.07) is 0. The Labute approximate surface area is 90.6 Å². The molecule has 0 radical (unpaired) electrons. The second-order valence-electron chi connectivity index (χ2n) is 4.27. The van der Waals surface area contributed by atoms with Gasteiger partial charge in [0.2, 0.25) is 0 Å².